The molecule has 0 amide bonds. The molecule has 0 saturated heterocycles. The van der Waals surface area contributed by atoms with Gasteiger partial charge >= 0.3 is 0 Å². The fraction of sp³-hybridized carbons (Fsp3) is 0. The summed E-state index contributed by atoms with van der Waals surface area (Å²) in [4.78, 5) is 0. The normalized spacial score (nSPS) is 9.55. The first-order chi connectivity index (χ1) is 4.88. The third kappa shape index (κ3) is 1.54. The van der Waals surface area contributed by atoms with Crippen LogP contribution >= 0.6 is 16.1 Å². The van der Waals surface area contributed by atoms with Gasteiger partial charge in [0.15, 0.2) is 0 Å². The van der Waals surface area contributed by atoms with Crippen LogP contribution in [0.1, 0.15) is 0 Å². The maximum atomic E-state index is 3.88. The fourth-order valence-electron chi connectivity index (χ4n) is 0.840. The van der Waals surface area contributed by atoms with Gasteiger partial charge in [0.1, 0.15) is 11.0 Å². The summed E-state index contributed by atoms with van der Waals surface area (Å²) in [6.07, 6.45) is 0. The van der Waals surface area contributed by atoms with Gasteiger partial charge in [0.2, 0.25) is 0 Å². The molecule has 11 heavy (non-hydrogen) atoms. The van der Waals surface area contributed by atoms with Gasteiger partial charge in [-0.2, -0.15) is 3.71 Å². The largest absolute Gasteiger partial charge is 0.177 e. The van der Waals surface area contributed by atoms with Crippen molar-refractivity contribution in [3.05, 3.63) is 24.3 Å². The molecule has 3 nitrogen and oxygen atoms in total. The molecule has 1 aromatic carbocycles. The number of hydrogen-bond donors (Lipinski definition) is 0. The molecule has 0 aliphatic carbocycles. The molecule has 1 heterocycles. The van der Waals surface area contributed by atoms with Gasteiger partial charge in [0.25, 0.3) is 0 Å². The van der Waals surface area contributed by atoms with Crippen molar-refractivity contribution in [1.29, 1.82) is 0 Å². The first kappa shape index (κ1) is 8.93. The summed E-state index contributed by atoms with van der Waals surface area (Å²) in [5.41, 5.74) is 1.89. The first-order valence-electron chi connectivity index (χ1n) is 2.84. The monoisotopic (exact) mass is 304 g/mol. The number of halogens is 1. The number of benzene rings is 1. The molecule has 0 aliphatic rings. The van der Waals surface area contributed by atoms with E-state index in [4.69, 9.17) is 0 Å². The summed E-state index contributed by atoms with van der Waals surface area (Å²) in [5.74, 6) is 0. The molecule has 1 aromatic heterocycles. The van der Waals surface area contributed by atoms with Crippen LogP contribution in [0.15, 0.2) is 24.3 Å². The average Bonchev–Trinajstić information content (AvgIpc) is 2.34. The minimum Gasteiger partial charge on any atom is -0.177 e. The van der Waals surface area contributed by atoms with Crippen LogP contribution in [-0.4, -0.2) is 14.0 Å². The van der Waals surface area contributed by atoms with E-state index in [9.17, 15) is 0 Å². The molecule has 2 rings (SSSR count). The van der Waals surface area contributed by atoms with Crippen LogP contribution in [0.25, 0.3) is 11.0 Å². The minimum atomic E-state index is 0. The van der Waals surface area contributed by atoms with E-state index in [0.29, 0.717) is 0 Å². The van der Waals surface area contributed by atoms with Gasteiger partial charge in [-0.1, -0.05) is 17.3 Å². The molecule has 0 bridgehead atoms. The summed E-state index contributed by atoms with van der Waals surface area (Å²) in [6.45, 7) is 0. The number of aromatic nitrogens is 3. The van der Waals surface area contributed by atoms with E-state index >= 15 is 0 Å². The number of rotatable bonds is 0. The van der Waals surface area contributed by atoms with Crippen LogP contribution in [0.4, 0.5) is 0 Å². The van der Waals surface area contributed by atoms with Gasteiger partial charge in [0.05, 0.1) is 16.1 Å². The predicted molar refractivity (Wildman–Crippen MR) is 41.9 cm³/mol. The summed E-state index contributed by atoms with van der Waals surface area (Å²) in [6, 6.07) is 7.75. The molecule has 0 fully saturated rings. The predicted octanol–water partition coefficient (Wildman–Crippen LogP) is 1.59. The standard InChI is InChI=1S/C6H4BrN3.Ag/c7-10-6-4-2-1-3-5(6)8-9-10;/h1-4H;. The van der Waals surface area contributed by atoms with Crippen LogP contribution in [0, 0.1) is 0 Å². The molecule has 0 aliphatic heterocycles. The van der Waals surface area contributed by atoms with Crippen molar-refractivity contribution in [2.75, 3.05) is 0 Å². The van der Waals surface area contributed by atoms with Gasteiger partial charge in [0, 0.05) is 22.4 Å². The topological polar surface area (TPSA) is 30.7 Å². The van der Waals surface area contributed by atoms with Gasteiger partial charge in [-0.15, -0.1) is 5.10 Å². The molecule has 0 spiro atoms. The van der Waals surface area contributed by atoms with Crippen LogP contribution in [0.5, 0.6) is 0 Å². The van der Waals surface area contributed by atoms with Crippen molar-refractivity contribution in [2.45, 2.75) is 0 Å². The maximum absolute atomic E-state index is 3.88. The molecule has 0 N–H and O–H groups in total. The second-order valence-electron chi connectivity index (χ2n) is 1.94. The Morgan fingerprint density at radius 3 is 2.73 bits per heavy atom. The van der Waals surface area contributed by atoms with Crippen molar-refractivity contribution < 1.29 is 22.4 Å². The van der Waals surface area contributed by atoms with E-state index in [2.05, 4.69) is 26.5 Å². The summed E-state index contributed by atoms with van der Waals surface area (Å²) in [5, 5.41) is 7.66. The quantitative estimate of drug-likeness (QED) is 0.692. The van der Waals surface area contributed by atoms with Gasteiger partial charge < -0.3 is 0 Å². The van der Waals surface area contributed by atoms with Crippen molar-refractivity contribution in [3.8, 4) is 0 Å². The number of hydrogen-bond acceptors (Lipinski definition) is 2. The Morgan fingerprint density at radius 1 is 1.27 bits per heavy atom. The van der Waals surface area contributed by atoms with E-state index in [-0.39, 0.29) is 22.4 Å². The van der Waals surface area contributed by atoms with E-state index in [1.165, 1.54) is 0 Å². The Kier molecular flexibility index (Phi) is 2.84. The molecule has 0 unspecified atom stereocenters. The fourth-order valence-corrected chi connectivity index (χ4v) is 1.21. The molecule has 5 heteroatoms. The summed E-state index contributed by atoms with van der Waals surface area (Å²) < 4.78 is 1.57. The molecule has 0 saturated carbocycles. The molecule has 61 valence electrons. The summed E-state index contributed by atoms with van der Waals surface area (Å²) in [7, 11) is 0. The van der Waals surface area contributed by atoms with E-state index in [1.807, 2.05) is 24.3 Å². The Balaban J connectivity index is 0.000000605. The zero-order valence-electron chi connectivity index (χ0n) is 5.33. The second kappa shape index (κ2) is 3.49. The molecular weight excluding hydrogens is 302 g/mol. The minimum absolute atomic E-state index is 0. The van der Waals surface area contributed by atoms with Crippen LogP contribution in [0.2, 0.25) is 0 Å². The molecular formula is C6H4AgBrN3. The zero-order valence-corrected chi connectivity index (χ0v) is 8.40. The first-order valence-corrected chi connectivity index (χ1v) is 3.55. The Hall–Kier alpha value is -0.160. The van der Waals surface area contributed by atoms with E-state index < -0.39 is 0 Å². The van der Waals surface area contributed by atoms with Crippen LogP contribution in [-0.2, 0) is 22.4 Å². The van der Waals surface area contributed by atoms with Gasteiger partial charge in [-0.3, -0.25) is 0 Å². The van der Waals surface area contributed by atoms with Gasteiger partial charge in [-0.05, 0) is 12.1 Å². The van der Waals surface area contributed by atoms with Crippen LogP contribution < -0.4 is 0 Å². The van der Waals surface area contributed by atoms with E-state index in [1.54, 1.807) is 3.71 Å². The van der Waals surface area contributed by atoms with Crippen LogP contribution in [0.3, 0.4) is 0 Å². The maximum Gasteiger partial charge on any atom is 0.114 e. The summed E-state index contributed by atoms with van der Waals surface area (Å²) >= 11 is 3.21. The zero-order chi connectivity index (χ0) is 6.97. The van der Waals surface area contributed by atoms with Gasteiger partial charge in [-0.25, -0.2) is 0 Å². The number of nitrogens with zero attached hydrogens (tertiary/aromatic N) is 3. The number of para-hydroxylation sites is 1. The Labute approximate surface area is 87.6 Å². The molecule has 1 radical (unpaired) electrons. The smallest absolute Gasteiger partial charge is 0.114 e. The number of fused-ring (bicyclic) bond motifs is 1. The average molecular weight is 306 g/mol. The van der Waals surface area contributed by atoms with E-state index in [0.717, 1.165) is 11.0 Å². The third-order valence-electron chi connectivity index (χ3n) is 1.31. The van der Waals surface area contributed by atoms with Crippen molar-refractivity contribution in [2.24, 2.45) is 0 Å². The molecule has 2 aromatic rings. The van der Waals surface area contributed by atoms with Crippen molar-refractivity contribution in [3.63, 3.8) is 0 Å². The Morgan fingerprint density at radius 2 is 2.00 bits per heavy atom. The Bertz CT molecular complexity index is 359. The van der Waals surface area contributed by atoms with Crippen molar-refractivity contribution in [1.82, 2.24) is 14.0 Å². The van der Waals surface area contributed by atoms with Crippen molar-refractivity contribution >= 4 is 27.2 Å². The second-order valence-corrected chi connectivity index (χ2v) is 2.61. The SMILES string of the molecule is Brn1nnc2ccccc21.[Ag]. The third-order valence-corrected chi connectivity index (χ3v) is 1.84. The molecule has 0 atom stereocenters.